The van der Waals surface area contributed by atoms with Gasteiger partial charge in [0.1, 0.15) is 5.84 Å². The summed E-state index contributed by atoms with van der Waals surface area (Å²) >= 11 is 0. The molecular formula is C13H27N3O3. The van der Waals surface area contributed by atoms with Crippen LogP contribution in [0, 0.1) is 5.41 Å². The van der Waals surface area contributed by atoms with Gasteiger partial charge < -0.3 is 25.7 Å². The van der Waals surface area contributed by atoms with Gasteiger partial charge in [-0.3, -0.25) is 0 Å². The molecule has 0 radical (unpaired) electrons. The van der Waals surface area contributed by atoms with Crippen molar-refractivity contribution in [2.24, 2.45) is 16.3 Å². The predicted molar refractivity (Wildman–Crippen MR) is 74.5 cm³/mol. The Morgan fingerprint density at radius 3 is 2.74 bits per heavy atom. The number of unbranched alkanes of at least 4 members (excludes halogenated alkanes) is 1. The number of hydrogen-bond donors (Lipinski definition) is 3. The monoisotopic (exact) mass is 273 g/mol. The zero-order chi connectivity index (χ0) is 14.0. The van der Waals surface area contributed by atoms with Crippen LogP contribution in [0.2, 0.25) is 0 Å². The van der Waals surface area contributed by atoms with Crippen molar-refractivity contribution in [3.8, 4) is 0 Å². The molecule has 6 nitrogen and oxygen atoms in total. The molecule has 0 aromatic rings. The van der Waals surface area contributed by atoms with Crippen LogP contribution in [0.15, 0.2) is 5.16 Å². The number of nitrogens with one attached hydrogen (secondary N) is 1. The summed E-state index contributed by atoms with van der Waals surface area (Å²) in [5.41, 5.74) is 5.80. The second-order valence-electron chi connectivity index (χ2n) is 5.26. The van der Waals surface area contributed by atoms with E-state index in [4.69, 9.17) is 20.4 Å². The van der Waals surface area contributed by atoms with E-state index in [0.717, 1.165) is 45.4 Å². The summed E-state index contributed by atoms with van der Waals surface area (Å²) in [6, 6.07) is 0. The maximum absolute atomic E-state index is 8.58. The fraction of sp³-hybridized carbons (Fsp3) is 0.923. The molecular weight excluding hydrogens is 246 g/mol. The molecule has 19 heavy (non-hydrogen) atoms. The first-order chi connectivity index (χ1) is 9.22. The fourth-order valence-corrected chi connectivity index (χ4v) is 2.06. The highest BCUT2D eigenvalue weighted by Crippen LogP contribution is 2.48. The van der Waals surface area contributed by atoms with E-state index in [9.17, 15) is 0 Å². The summed E-state index contributed by atoms with van der Waals surface area (Å²) in [4.78, 5) is 0. The van der Waals surface area contributed by atoms with Gasteiger partial charge in [-0.25, -0.2) is 0 Å². The molecule has 0 aromatic heterocycles. The molecule has 1 aliphatic carbocycles. The third-order valence-electron chi connectivity index (χ3n) is 3.47. The summed E-state index contributed by atoms with van der Waals surface area (Å²) < 4.78 is 10.3. The number of hydrogen-bond acceptors (Lipinski definition) is 5. The van der Waals surface area contributed by atoms with E-state index in [1.165, 1.54) is 0 Å². The molecule has 0 aliphatic heterocycles. The molecule has 1 saturated carbocycles. The Bertz CT molecular complexity index is 268. The Labute approximate surface area is 115 Å². The Kier molecular flexibility index (Phi) is 7.78. The van der Waals surface area contributed by atoms with Crippen molar-refractivity contribution in [3.05, 3.63) is 0 Å². The fourth-order valence-electron chi connectivity index (χ4n) is 2.06. The SMILES string of the molecule is COCCOCCCCNCC1(CC(N)=NO)CC1. The molecule has 6 heteroatoms. The minimum absolute atomic E-state index is 0.241. The maximum atomic E-state index is 8.58. The van der Waals surface area contributed by atoms with Crippen molar-refractivity contribution in [2.45, 2.75) is 32.1 Å². The van der Waals surface area contributed by atoms with E-state index in [2.05, 4.69) is 10.5 Å². The zero-order valence-electron chi connectivity index (χ0n) is 11.9. The van der Waals surface area contributed by atoms with E-state index >= 15 is 0 Å². The average molecular weight is 273 g/mol. The molecule has 0 bridgehead atoms. The molecule has 0 saturated heterocycles. The van der Waals surface area contributed by atoms with Gasteiger partial charge in [0.15, 0.2) is 0 Å². The molecule has 1 rings (SSSR count). The first-order valence-corrected chi connectivity index (χ1v) is 6.96. The van der Waals surface area contributed by atoms with Gasteiger partial charge in [-0.05, 0) is 37.6 Å². The third kappa shape index (κ3) is 7.34. The van der Waals surface area contributed by atoms with E-state index < -0.39 is 0 Å². The first kappa shape index (κ1) is 16.2. The van der Waals surface area contributed by atoms with Crippen LogP contribution in [0.25, 0.3) is 0 Å². The maximum Gasteiger partial charge on any atom is 0.139 e. The predicted octanol–water partition coefficient (Wildman–Crippen LogP) is 0.936. The topological polar surface area (TPSA) is 89.1 Å². The number of ether oxygens (including phenoxy) is 2. The number of oxime groups is 1. The second-order valence-corrected chi connectivity index (χ2v) is 5.26. The molecule has 0 unspecified atom stereocenters. The molecule has 0 spiro atoms. The zero-order valence-corrected chi connectivity index (χ0v) is 11.9. The van der Waals surface area contributed by atoms with Crippen molar-refractivity contribution in [1.82, 2.24) is 5.32 Å². The molecule has 0 atom stereocenters. The van der Waals surface area contributed by atoms with Crippen LogP contribution >= 0.6 is 0 Å². The third-order valence-corrected chi connectivity index (χ3v) is 3.47. The van der Waals surface area contributed by atoms with Crippen molar-refractivity contribution >= 4 is 5.84 Å². The summed E-state index contributed by atoms with van der Waals surface area (Å²) in [7, 11) is 1.68. The van der Waals surface area contributed by atoms with Crippen molar-refractivity contribution in [3.63, 3.8) is 0 Å². The molecule has 0 heterocycles. The molecule has 1 aliphatic rings. The lowest BCUT2D eigenvalue weighted by atomic mass is 10.0. The summed E-state index contributed by atoms with van der Waals surface area (Å²) in [5, 5.41) is 15.1. The van der Waals surface area contributed by atoms with Gasteiger partial charge in [-0.15, -0.1) is 0 Å². The molecule has 0 aromatic carbocycles. The largest absolute Gasteiger partial charge is 0.409 e. The molecule has 1 fully saturated rings. The van der Waals surface area contributed by atoms with Gasteiger partial charge >= 0.3 is 0 Å². The second kappa shape index (κ2) is 9.12. The Morgan fingerprint density at radius 2 is 2.11 bits per heavy atom. The van der Waals surface area contributed by atoms with E-state index in [0.29, 0.717) is 25.5 Å². The van der Waals surface area contributed by atoms with Gasteiger partial charge in [0.2, 0.25) is 0 Å². The van der Waals surface area contributed by atoms with Gasteiger partial charge in [-0.1, -0.05) is 5.16 Å². The minimum Gasteiger partial charge on any atom is -0.409 e. The number of rotatable bonds is 12. The number of methoxy groups -OCH3 is 1. The van der Waals surface area contributed by atoms with Gasteiger partial charge in [-0.2, -0.15) is 0 Å². The highest BCUT2D eigenvalue weighted by Gasteiger charge is 2.42. The molecule has 112 valence electrons. The standard InChI is InChI=1S/C13H27N3O3/c1-18-8-9-19-7-3-2-6-15-11-13(4-5-13)10-12(14)16-17/h15,17H,2-11H2,1H3,(H2,14,16). The molecule has 4 N–H and O–H groups in total. The lowest BCUT2D eigenvalue weighted by Gasteiger charge is -2.15. The Morgan fingerprint density at radius 1 is 1.32 bits per heavy atom. The van der Waals surface area contributed by atoms with Gasteiger partial charge in [0.25, 0.3) is 0 Å². The summed E-state index contributed by atoms with van der Waals surface area (Å²) in [6.45, 7) is 4.07. The number of nitrogens with two attached hydrogens (primary N) is 1. The Balaban J connectivity index is 1.91. The van der Waals surface area contributed by atoms with E-state index in [1.54, 1.807) is 7.11 Å². The quantitative estimate of drug-likeness (QED) is 0.162. The molecule has 0 amide bonds. The van der Waals surface area contributed by atoms with Crippen LogP contribution in [0.1, 0.15) is 32.1 Å². The Hall–Kier alpha value is -0.850. The highest BCUT2D eigenvalue weighted by atomic mass is 16.5. The van der Waals surface area contributed by atoms with Crippen molar-refractivity contribution in [2.75, 3.05) is 40.0 Å². The van der Waals surface area contributed by atoms with E-state index in [1.807, 2.05) is 0 Å². The van der Waals surface area contributed by atoms with Gasteiger partial charge in [0, 0.05) is 26.7 Å². The normalized spacial score (nSPS) is 17.6. The van der Waals surface area contributed by atoms with Crippen molar-refractivity contribution < 1.29 is 14.7 Å². The number of nitrogens with zero attached hydrogens (tertiary/aromatic N) is 1. The van der Waals surface area contributed by atoms with Crippen molar-refractivity contribution in [1.29, 1.82) is 0 Å². The average Bonchev–Trinajstić information content (AvgIpc) is 3.16. The van der Waals surface area contributed by atoms with Gasteiger partial charge in [0.05, 0.1) is 13.2 Å². The number of amidine groups is 1. The van der Waals surface area contributed by atoms with E-state index in [-0.39, 0.29) is 5.41 Å². The van der Waals surface area contributed by atoms with Crippen LogP contribution in [0.5, 0.6) is 0 Å². The summed E-state index contributed by atoms with van der Waals surface area (Å²) in [6.07, 6.45) is 5.18. The highest BCUT2D eigenvalue weighted by molar-refractivity contribution is 5.80. The van der Waals surface area contributed by atoms with Crippen LogP contribution in [0.3, 0.4) is 0 Å². The van der Waals surface area contributed by atoms with Crippen LogP contribution < -0.4 is 11.1 Å². The lowest BCUT2D eigenvalue weighted by Crippen LogP contribution is -2.29. The first-order valence-electron chi connectivity index (χ1n) is 6.96. The lowest BCUT2D eigenvalue weighted by molar-refractivity contribution is 0.0688. The van der Waals surface area contributed by atoms with Crippen LogP contribution in [0.4, 0.5) is 0 Å². The van der Waals surface area contributed by atoms with Crippen LogP contribution in [-0.2, 0) is 9.47 Å². The smallest absolute Gasteiger partial charge is 0.139 e. The summed E-state index contributed by atoms with van der Waals surface area (Å²) in [5.74, 6) is 0.339. The minimum atomic E-state index is 0.241. The van der Waals surface area contributed by atoms with Crippen LogP contribution in [-0.4, -0.2) is 51.1 Å².